The first-order valence-electron chi connectivity index (χ1n) is 4.12. The van der Waals surface area contributed by atoms with Gasteiger partial charge >= 0.3 is 5.97 Å². The van der Waals surface area contributed by atoms with Crippen LogP contribution in [0.5, 0.6) is 0 Å². The first kappa shape index (κ1) is 9.77. The first-order chi connectivity index (χ1) is 6.11. The maximum Gasteiger partial charge on any atom is 0.315 e. The average molecular weight is 183 g/mol. The number of hydrogen-bond acceptors (Lipinski definition) is 4. The van der Waals surface area contributed by atoms with Gasteiger partial charge in [0.2, 0.25) is 0 Å². The molecule has 0 amide bonds. The fourth-order valence-electron chi connectivity index (χ4n) is 1.63. The van der Waals surface area contributed by atoms with E-state index in [9.17, 15) is 9.59 Å². The van der Waals surface area contributed by atoms with Gasteiger partial charge in [0.05, 0.1) is 7.11 Å². The minimum absolute atomic E-state index is 0.0624. The molecule has 1 aliphatic heterocycles. The maximum absolute atomic E-state index is 11.3. The summed E-state index contributed by atoms with van der Waals surface area (Å²) in [6.07, 6.45) is 0.716. The van der Waals surface area contributed by atoms with Crippen molar-refractivity contribution in [3.8, 4) is 0 Å². The molecule has 0 aliphatic carbocycles. The second kappa shape index (κ2) is 3.60. The van der Waals surface area contributed by atoms with Gasteiger partial charge in [0.1, 0.15) is 12.2 Å². The molecule has 0 radical (unpaired) electrons. The molecule has 1 N–H and O–H groups in total. The molecule has 4 heteroatoms. The quantitative estimate of drug-likeness (QED) is 0.492. The molecule has 0 aromatic rings. The molecule has 1 rings (SSSR count). The lowest BCUT2D eigenvalue weighted by molar-refractivity contribution is -0.144. The highest BCUT2D eigenvalue weighted by Gasteiger charge is 2.35. The number of ether oxygens (including phenoxy) is 1. The standard InChI is InChI=1S/C9H13NO3/c1-5-7(4-11)8(6(2)10-5)9(12)13-3/h4,6,8,10H,1-3H3/t6-,8?/m0/s1. The van der Waals surface area contributed by atoms with E-state index in [2.05, 4.69) is 10.1 Å². The number of allylic oxidation sites excluding steroid dienone is 1. The zero-order valence-corrected chi connectivity index (χ0v) is 7.96. The summed E-state index contributed by atoms with van der Waals surface area (Å²) >= 11 is 0. The molecule has 0 aromatic heterocycles. The molecule has 1 aliphatic rings. The van der Waals surface area contributed by atoms with Crippen LogP contribution in [0.1, 0.15) is 13.8 Å². The number of carbonyl (C=O) groups is 2. The predicted octanol–water partition coefficient (Wildman–Crippen LogP) is 0.240. The van der Waals surface area contributed by atoms with Crippen molar-refractivity contribution in [2.45, 2.75) is 19.9 Å². The second-order valence-electron chi connectivity index (χ2n) is 3.13. The molecular formula is C9H13NO3. The average Bonchev–Trinajstić information content (AvgIpc) is 2.39. The Hall–Kier alpha value is -1.32. The van der Waals surface area contributed by atoms with Crippen LogP contribution in [0, 0.1) is 5.92 Å². The SMILES string of the molecule is COC(=O)C1C(C=O)=C(C)N[C@H]1C. The molecule has 0 aromatic carbocycles. The van der Waals surface area contributed by atoms with Crippen molar-refractivity contribution in [2.24, 2.45) is 5.92 Å². The first-order valence-corrected chi connectivity index (χ1v) is 4.12. The summed E-state index contributed by atoms with van der Waals surface area (Å²) in [4.78, 5) is 22.0. The van der Waals surface area contributed by atoms with Gasteiger partial charge < -0.3 is 10.1 Å². The van der Waals surface area contributed by atoms with Crippen LogP contribution in [-0.2, 0) is 14.3 Å². The lowest BCUT2D eigenvalue weighted by Gasteiger charge is -2.13. The predicted molar refractivity (Wildman–Crippen MR) is 46.9 cm³/mol. The summed E-state index contributed by atoms with van der Waals surface area (Å²) in [7, 11) is 1.32. The molecule has 0 spiro atoms. The highest BCUT2D eigenvalue weighted by atomic mass is 16.5. The Morgan fingerprint density at radius 3 is 2.69 bits per heavy atom. The summed E-state index contributed by atoms with van der Waals surface area (Å²) in [6.45, 7) is 3.63. The van der Waals surface area contributed by atoms with Gasteiger partial charge in [-0.2, -0.15) is 0 Å². The van der Waals surface area contributed by atoms with Gasteiger partial charge in [-0.05, 0) is 13.8 Å². The lowest BCUT2D eigenvalue weighted by atomic mass is 9.96. The van der Waals surface area contributed by atoms with Crippen LogP contribution in [0.3, 0.4) is 0 Å². The largest absolute Gasteiger partial charge is 0.468 e. The van der Waals surface area contributed by atoms with Crippen LogP contribution in [0.15, 0.2) is 11.3 Å². The number of hydrogen-bond donors (Lipinski definition) is 1. The molecule has 0 saturated heterocycles. The lowest BCUT2D eigenvalue weighted by Crippen LogP contribution is -2.31. The van der Waals surface area contributed by atoms with Crippen LogP contribution in [0.4, 0.5) is 0 Å². The summed E-state index contributed by atoms with van der Waals surface area (Å²) in [5, 5.41) is 3.03. The molecule has 1 heterocycles. The normalized spacial score (nSPS) is 27.0. The fraction of sp³-hybridized carbons (Fsp3) is 0.556. The summed E-state index contributed by atoms with van der Waals surface area (Å²) in [6, 6.07) is -0.0624. The molecule has 1 unspecified atom stereocenters. The second-order valence-corrected chi connectivity index (χ2v) is 3.13. The Bertz CT molecular complexity index is 270. The van der Waals surface area contributed by atoms with Crippen molar-refractivity contribution < 1.29 is 14.3 Å². The summed E-state index contributed by atoms with van der Waals surface area (Å²) in [5.41, 5.74) is 1.26. The topological polar surface area (TPSA) is 55.4 Å². The van der Waals surface area contributed by atoms with Crippen LogP contribution >= 0.6 is 0 Å². The van der Waals surface area contributed by atoms with Crippen molar-refractivity contribution in [3.05, 3.63) is 11.3 Å². The number of esters is 1. The van der Waals surface area contributed by atoms with E-state index in [1.807, 2.05) is 6.92 Å². The Morgan fingerprint density at radius 2 is 2.23 bits per heavy atom. The van der Waals surface area contributed by atoms with Gasteiger partial charge in [-0.15, -0.1) is 0 Å². The Kier molecular flexibility index (Phi) is 2.70. The molecule has 13 heavy (non-hydrogen) atoms. The Labute approximate surface area is 76.9 Å². The highest BCUT2D eigenvalue weighted by molar-refractivity contribution is 5.89. The third kappa shape index (κ3) is 1.56. The zero-order valence-electron chi connectivity index (χ0n) is 7.96. The van der Waals surface area contributed by atoms with Gasteiger partial charge in [0.25, 0.3) is 0 Å². The van der Waals surface area contributed by atoms with E-state index in [4.69, 9.17) is 0 Å². The van der Waals surface area contributed by atoms with Crippen molar-refractivity contribution in [3.63, 3.8) is 0 Å². The number of nitrogens with one attached hydrogen (secondary N) is 1. The van der Waals surface area contributed by atoms with Crippen molar-refractivity contribution >= 4 is 12.3 Å². The van der Waals surface area contributed by atoms with Crippen LogP contribution < -0.4 is 5.32 Å². The van der Waals surface area contributed by atoms with Crippen LogP contribution in [-0.4, -0.2) is 25.4 Å². The van der Waals surface area contributed by atoms with E-state index in [0.29, 0.717) is 11.9 Å². The van der Waals surface area contributed by atoms with E-state index in [1.54, 1.807) is 6.92 Å². The van der Waals surface area contributed by atoms with Gasteiger partial charge in [0, 0.05) is 17.3 Å². The summed E-state index contributed by atoms with van der Waals surface area (Å²) < 4.78 is 4.61. The zero-order chi connectivity index (χ0) is 10.0. The Morgan fingerprint density at radius 1 is 1.62 bits per heavy atom. The minimum atomic E-state index is -0.456. The van der Waals surface area contributed by atoms with Crippen LogP contribution in [0.2, 0.25) is 0 Å². The summed E-state index contributed by atoms with van der Waals surface area (Å²) in [5.74, 6) is -0.818. The monoisotopic (exact) mass is 183 g/mol. The van der Waals surface area contributed by atoms with Gasteiger partial charge in [-0.1, -0.05) is 0 Å². The highest BCUT2D eigenvalue weighted by Crippen LogP contribution is 2.24. The molecule has 4 nitrogen and oxygen atoms in total. The molecule has 0 saturated carbocycles. The van der Waals surface area contributed by atoms with Crippen molar-refractivity contribution in [1.82, 2.24) is 5.32 Å². The number of aldehydes is 1. The number of rotatable bonds is 2. The van der Waals surface area contributed by atoms with Crippen molar-refractivity contribution in [1.29, 1.82) is 0 Å². The van der Waals surface area contributed by atoms with E-state index < -0.39 is 5.92 Å². The Balaban J connectivity index is 2.94. The molecular weight excluding hydrogens is 170 g/mol. The van der Waals surface area contributed by atoms with Crippen molar-refractivity contribution in [2.75, 3.05) is 7.11 Å². The van der Waals surface area contributed by atoms with E-state index in [-0.39, 0.29) is 12.0 Å². The van der Waals surface area contributed by atoms with Crippen LogP contribution in [0.25, 0.3) is 0 Å². The fourth-order valence-corrected chi connectivity index (χ4v) is 1.63. The number of carbonyl (C=O) groups excluding carboxylic acids is 2. The molecule has 72 valence electrons. The molecule has 0 bridgehead atoms. The molecule has 2 atom stereocenters. The third-order valence-corrected chi connectivity index (χ3v) is 2.29. The van der Waals surface area contributed by atoms with E-state index in [1.165, 1.54) is 7.11 Å². The molecule has 0 fully saturated rings. The third-order valence-electron chi connectivity index (χ3n) is 2.29. The minimum Gasteiger partial charge on any atom is -0.468 e. The van der Waals surface area contributed by atoms with Gasteiger partial charge in [-0.25, -0.2) is 0 Å². The van der Waals surface area contributed by atoms with E-state index in [0.717, 1.165) is 5.70 Å². The number of methoxy groups -OCH3 is 1. The van der Waals surface area contributed by atoms with E-state index >= 15 is 0 Å². The van der Waals surface area contributed by atoms with Gasteiger partial charge in [-0.3, -0.25) is 9.59 Å². The maximum atomic E-state index is 11.3. The smallest absolute Gasteiger partial charge is 0.315 e. The van der Waals surface area contributed by atoms with Gasteiger partial charge in [0.15, 0.2) is 0 Å².